The fourth-order valence-electron chi connectivity index (χ4n) is 2.00. The van der Waals surface area contributed by atoms with Crippen molar-refractivity contribution in [3.05, 3.63) is 18.3 Å². The zero-order valence-corrected chi connectivity index (χ0v) is 12.6. The third-order valence-electron chi connectivity index (χ3n) is 3.24. The van der Waals surface area contributed by atoms with Crippen LogP contribution in [0.1, 0.15) is 40.5 Å². The molecule has 4 nitrogen and oxygen atoms in total. The molecule has 0 aromatic carbocycles. The first-order chi connectivity index (χ1) is 8.99. The van der Waals surface area contributed by atoms with E-state index >= 15 is 0 Å². The number of carbonyl (C=O) groups excluding carboxylic acids is 1. The van der Waals surface area contributed by atoms with Crippen molar-refractivity contribution in [2.24, 2.45) is 5.92 Å². The van der Waals surface area contributed by atoms with E-state index in [1.807, 2.05) is 33.0 Å². The molecule has 0 spiro atoms. The highest BCUT2D eigenvalue weighted by Crippen LogP contribution is 2.19. The summed E-state index contributed by atoms with van der Waals surface area (Å²) >= 11 is 0. The maximum atomic E-state index is 12.3. The van der Waals surface area contributed by atoms with E-state index in [9.17, 15) is 4.79 Å². The first-order valence-electron chi connectivity index (χ1n) is 6.99. The molecule has 106 valence electrons. The van der Waals surface area contributed by atoms with Gasteiger partial charge in [0, 0.05) is 19.0 Å². The van der Waals surface area contributed by atoms with Crippen molar-refractivity contribution in [2.75, 3.05) is 17.3 Å². The van der Waals surface area contributed by atoms with Gasteiger partial charge in [-0.2, -0.15) is 0 Å². The van der Waals surface area contributed by atoms with Crippen LogP contribution in [0.15, 0.2) is 18.3 Å². The molecule has 1 heterocycles. The van der Waals surface area contributed by atoms with Gasteiger partial charge in [0.25, 0.3) is 0 Å². The number of hydrogen-bond acceptors (Lipinski definition) is 3. The van der Waals surface area contributed by atoms with Crippen LogP contribution in [0.5, 0.6) is 0 Å². The maximum absolute atomic E-state index is 12.3. The van der Waals surface area contributed by atoms with Gasteiger partial charge in [-0.25, -0.2) is 4.98 Å². The Morgan fingerprint density at radius 3 is 2.37 bits per heavy atom. The van der Waals surface area contributed by atoms with Gasteiger partial charge in [0.05, 0.1) is 11.9 Å². The zero-order valence-electron chi connectivity index (χ0n) is 12.6. The number of hydrogen-bond donors (Lipinski definition) is 1. The number of nitrogens with one attached hydrogen (secondary N) is 1. The standard InChI is InChI=1S/C15H25N3O/c1-6-12(7-2)15(19)18(5)13-8-9-14(16-10-13)17-11(3)4/h8-12H,6-7H2,1-5H3,(H,16,17). The molecular formula is C15H25N3O. The molecule has 0 aliphatic heterocycles. The number of anilines is 2. The highest BCUT2D eigenvalue weighted by molar-refractivity contribution is 5.94. The molecule has 0 bridgehead atoms. The van der Waals surface area contributed by atoms with Crippen LogP contribution in [0.3, 0.4) is 0 Å². The molecule has 1 amide bonds. The lowest BCUT2D eigenvalue weighted by atomic mass is 10.0. The lowest BCUT2D eigenvalue weighted by Gasteiger charge is -2.22. The van der Waals surface area contributed by atoms with Crippen molar-refractivity contribution in [1.82, 2.24) is 4.98 Å². The summed E-state index contributed by atoms with van der Waals surface area (Å²) in [6.45, 7) is 8.23. The molecule has 4 heteroatoms. The van der Waals surface area contributed by atoms with E-state index in [2.05, 4.69) is 24.1 Å². The molecule has 0 aliphatic rings. The van der Waals surface area contributed by atoms with Gasteiger partial charge in [0.15, 0.2) is 0 Å². The third-order valence-corrected chi connectivity index (χ3v) is 3.24. The highest BCUT2D eigenvalue weighted by atomic mass is 16.2. The summed E-state index contributed by atoms with van der Waals surface area (Å²) < 4.78 is 0. The average Bonchev–Trinajstić information content (AvgIpc) is 2.39. The van der Waals surface area contributed by atoms with Crippen molar-refractivity contribution in [3.8, 4) is 0 Å². The molecule has 0 fully saturated rings. The summed E-state index contributed by atoms with van der Waals surface area (Å²) in [7, 11) is 1.81. The number of aromatic nitrogens is 1. The molecular weight excluding hydrogens is 238 g/mol. The Kier molecular flexibility index (Phi) is 5.80. The molecule has 1 aromatic heterocycles. The fraction of sp³-hybridized carbons (Fsp3) is 0.600. The van der Waals surface area contributed by atoms with Crippen LogP contribution in [0.2, 0.25) is 0 Å². The van der Waals surface area contributed by atoms with E-state index in [0.717, 1.165) is 24.3 Å². The molecule has 1 N–H and O–H groups in total. The predicted octanol–water partition coefficient (Wildman–Crippen LogP) is 3.30. The minimum atomic E-state index is 0.0958. The normalized spacial score (nSPS) is 10.9. The SMILES string of the molecule is CCC(CC)C(=O)N(C)c1ccc(NC(C)C)nc1. The molecule has 0 aliphatic carbocycles. The van der Waals surface area contributed by atoms with Crippen molar-refractivity contribution >= 4 is 17.4 Å². The van der Waals surface area contributed by atoms with Gasteiger partial charge in [-0.1, -0.05) is 13.8 Å². The second-order valence-electron chi connectivity index (χ2n) is 5.11. The summed E-state index contributed by atoms with van der Waals surface area (Å²) in [6.07, 6.45) is 3.49. The Morgan fingerprint density at radius 1 is 1.32 bits per heavy atom. The van der Waals surface area contributed by atoms with Crippen LogP contribution in [-0.4, -0.2) is 24.0 Å². The van der Waals surface area contributed by atoms with Gasteiger partial charge in [0.1, 0.15) is 5.82 Å². The summed E-state index contributed by atoms with van der Waals surface area (Å²) in [4.78, 5) is 18.3. The second-order valence-corrected chi connectivity index (χ2v) is 5.11. The van der Waals surface area contributed by atoms with Crippen LogP contribution in [0.4, 0.5) is 11.5 Å². The number of rotatable bonds is 6. The average molecular weight is 263 g/mol. The molecule has 0 unspecified atom stereocenters. The smallest absolute Gasteiger partial charge is 0.229 e. The van der Waals surface area contributed by atoms with Crippen LogP contribution in [0, 0.1) is 5.92 Å². The van der Waals surface area contributed by atoms with Crippen molar-refractivity contribution in [3.63, 3.8) is 0 Å². The van der Waals surface area contributed by atoms with Gasteiger partial charge in [-0.3, -0.25) is 4.79 Å². The first-order valence-corrected chi connectivity index (χ1v) is 6.99. The Hall–Kier alpha value is -1.58. The second kappa shape index (κ2) is 7.12. The molecule has 1 rings (SSSR count). The first kappa shape index (κ1) is 15.5. The van der Waals surface area contributed by atoms with Crippen LogP contribution in [0.25, 0.3) is 0 Å². The van der Waals surface area contributed by atoms with Crippen molar-refractivity contribution in [2.45, 2.75) is 46.6 Å². The van der Waals surface area contributed by atoms with Crippen LogP contribution < -0.4 is 10.2 Å². The monoisotopic (exact) mass is 263 g/mol. The molecule has 0 radical (unpaired) electrons. The van der Waals surface area contributed by atoms with Gasteiger partial charge < -0.3 is 10.2 Å². The van der Waals surface area contributed by atoms with Gasteiger partial charge >= 0.3 is 0 Å². The van der Waals surface area contributed by atoms with Crippen LogP contribution in [-0.2, 0) is 4.79 Å². The third kappa shape index (κ3) is 4.23. The summed E-state index contributed by atoms with van der Waals surface area (Å²) in [5.74, 6) is 1.09. The number of carbonyl (C=O) groups is 1. The van der Waals surface area contributed by atoms with Gasteiger partial charge in [-0.15, -0.1) is 0 Å². The summed E-state index contributed by atoms with van der Waals surface area (Å²) in [6, 6.07) is 4.19. The Labute approximate surface area is 116 Å². The van der Waals surface area contributed by atoms with Crippen molar-refractivity contribution in [1.29, 1.82) is 0 Å². The lowest BCUT2D eigenvalue weighted by Crippen LogP contribution is -2.32. The Balaban J connectivity index is 2.77. The number of amides is 1. The zero-order chi connectivity index (χ0) is 14.4. The minimum Gasteiger partial charge on any atom is -0.368 e. The molecule has 0 saturated heterocycles. The van der Waals surface area contributed by atoms with E-state index in [1.54, 1.807) is 11.1 Å². The topological polar surface area (TPSA) is 45.2 Å². The Bertz CT molecular complexity index is 396. The fourth-order valence-corrected chi connectivity index (χ4v) is 2.00. The molecule has 19 heavy (non-hydrogen) atoms. The predicted molar refractivity (Wildman–Crippen MR) is 80.5 cm³/mol. The quantitative estimate of drug-likeness (QED) is 0.856. The van der Waals surface area contributed by atoms with E-state index in [1.165, 1.54) is 0 Å². The number of pyridine rings is 1. The van der Waals surface area contributed by atoms with Crippen molar-refractivity contribution < 1.29 is 4.79 Å². The van der Waals surface area contributed by atoms with Gasteiger partial charge in [0.2, 0.25) is 5.91 Å². The van der Waals surface area contributed by atoms with Gasteiger partial charge in [-0.05, 0) is 38.8 Å². The Morgan fingerprint density at radius 2 is 1.95 bits per heavy atom. The molecule has 1 aromatic rings. The molecule has 0 atom stereocenters. The summed E-state index contributed by atoms with van der Waals surface area (Å²) in [5, 5.41) is 3.23. The lowest BCUT2D eigenvalue weighted by molar-refractivity contribution is -0.122. The maximum Gasteiger partial charge on any atom is 0.229 e. The van der Waals surface area contributed by atoms with E-state index in [4.69, 9.17) is 0 Å². The highest BCUT2D eigenvalue weighted by Gasteiger charge is 2.19. The van der Waals surface area contributed by atoms with E-state index in [0.29, 0.717) is 6.04 Å². The number of nitrogens with zero attached hydrogens (tertiary/aromatic N) is 2. The molecule has 0 saturated carbocycles. The largest absolute Gasteiger partial charge is 0.368 e. The summed E-state index contributed by atoms with van der Waals surface area (Å²) in [5.41, 5.74) is 0.839. The van der Waals surface area contributed by atoms with E-state index in [-0.39, 0.29) is 11.8 Å². The van der Waals surface area contributed by atoms with Crippen LogP contribution >= 0.6 is 0 Å². The minimum absolute atomic E-state index is 0.0958. The van der Waals surface area contributed by atoms with E-state index < -0.39 is 0 Å².